The van der Waals surface area contributed by atoms with Crippen molar-refractivity contribution < 1.29 is 40.6 Å². The van der Waals surface area contributed by atoms with E-state index in [1.807, 2.05) is 0 Å². The molecule has 0 aliphatic carbocycles. The van der Waals surface area contributed by atoms with Crippen molar-refractivity contribution in [2.24, 2.45) is 5.92 Å². The van der Waals surface area contributed by atoms with E-state index < -0.39 is 40.1 Å². The zero-order valence-electron chi connectivity index (χ0n) is 19.9. The van der Waals surface area contributed by atoms with Crippen LogP contribution < -0.4 is 9.47 Å². The lowest BCUT2D eigenvalue weighted by molar-refractivity contribution is -0.185. The Balaban J connectivity index is 1.30. The van der Waals surface area contributed by atoms with Crippen molar-refractivity contribution in [3.05, 3.63) is 76.8 Å². The summed E-state index contributed by atoms with van der Waals surface area (Å²) in [5.41, 5.74) is -0.310. The molecule has 2 unspecified atom stereocenters. The van der Waals surface area contributed by atoms with Crippen LogP contribution >= 0.6 is 11.3 Å². The van der Waals surface area contributed by atoms with E-state index in [1.54, 1.807) is 18.2 Å². The second-order valence-electron chi connectivity index (χ2n) is 9.11. The number of nitrogens with zero attached hydrogens (tertiary/aromatic N) is 1. The van der Waals surface area contributed by atoms with E-state index in [4.69, 9.17) is 14.2 Å². The minimum Gasteiger partial charge on any atom is -0.491 e. The molecule has 0 saturated carbocycles. The smallest absolute Gasteiger partial charge is 0.454 e. The molecule has 3 aromatic carbocycles. The van der Waals surface area contributed by atoms with Crippen molar-refractivity contribution in [1.29, 1.82) is 0 Å². The van der Waals surface area contributed by atoms with Crippen molar-refractivity contribution in [1.82, 2.24) is 4.98 Å². The first-order valence-electron chi connectivity index (χ1n) is 11.8. The zero-order valence-corrected chi connectivity index (χ0v) is 20.8. The summed E-state index contributed by atoms with van der Waals surface area (Å²) >= 11 is 0.698. The number of hydrogen-bond acceptors (Lipinski definition) is 5. The van der Waals surface area contributed by atoms with Gasteiger partial charge in [0.15, 0.2) is 17.5 Å². The molecule has 0 N–H and O–H groups in total. The molecule has 200 valence electrons. The van der Waals surface area contributed by atoms with Crippen molar-refractivity contribution >= 4 is 21.6 Å². The van der Waals surface area contributed by atoms with E-state index >= 15 is 0 Å². The Morgan fingerprint density at radius 1 is 0.947 bits per heavy atom. The van der Waals surface area contributed by atoms with Crippen LogP contribution in [0.3, 0.4) is 0 Å². The van der Waals surface area contributed by atoms with Gasteiger partial charge in [0.1, 0.15) is 23.9 Å². The molecule has 4 aromatic rings. The Hall–Kier alpha value is -3.31. The fourth-order valence-corrected chi connectivity index (χ4v) is 4.98. The molecule has 1 saturated heterocycles. The Bertz CT molecular complexity index is 1450. The van der Waals surface area contributed by atoms with Crippen LogP contribution in [0.2, 0.25) is 0 Å². The van der Waals surface area contributed by atoms with Gasteiger partial charge in [-0.25, -0.2) is 22.5 Å². The van der Waals surface area contributed by atoms with Gasteiger partial charge in [0, 0.05) is 18.2 Å². The predicted octanol–water partition coefficient (Wildman–Crippen LogP) is 7.84. The summed E-state index contributed by atoms with van der Waals surface area (Å²) in [6.45, 7) is 3.15. The average Bonchev–Trinajstić information content (AvgIpc) is 3.31. The number of halogens is 6. The van der Waals surface area contributed by atoms with Gasteiger partial charge in [-0.1, -0.05) is 6.92 Å². The number of fused-ring (bicyclic) bond motifs is 1. The minimum atomic E-state index is -3.90. The van der Waals surface area contributed by atoms with E-state index in [0.717, 1.165) is 25.0 Å². The lowest BCUT2D eigenvalue weighted by Crippen LogP contribution is -2.29. The fraction of sp³-hybridized carbons (Fsp3) is 0.296. The van der Waals surface area contributed by atoms with Gasteiger partial charge < -0.3 is 14.2 Å². The third kappa shape index (κ3) is 5.58. The van der Waals surface area contributed by atoms with Crippen LogP contribution in [0.4, 0.5) is 26.3 Å². The van der Waals surface area contributed by atoms with Gasteiger partial charge in [0.25, 0.3) is 0 Å². The van der Waals surface area contributed by atoms with Gasteiger partial charge >= 0.3 is 6.11 Å². The molecular weight excluding hydrogens is 532 g/mol. The predicted molar refractivity (Wildman–Crippen MR) is 129 cm³/mol. The average molecular weight is 554 g/mol. The van der Waals surface area contributed by atoms with Gasteiger partial charge in [0.2, 0.25) is 5.01 Å². The second-order valence-corrected chi connectivity index (χ2v) is 10.1. The highest BCUT2D eigenvalue weighted by atomic mass is 32.1. The van der Waals surface area contributed by atoms with Crippen LogP contribution in [0.15, 0.2) is 48.5 Å². The molecule has 0 bridgehead atoms. The molecule has 1 aliphatic heterocycles. The van der Waals surface area contributed by atoms with E-state index in [1.165, 1.54) is 0 Å². The molecule has 11 heteroatoms. The molecule has 38 heavy (non-hydrogen) atoms. The molecule has 1 fully saturated rings. The quantitative estimate of drug-likeness (QED) is 0.173. The van der Waals surface area contributed by atoms with Crippen molar-refractivity contribution in [2.45, 2.75) is 32.0 Å². The summed E-state index contributed by atoms with van der Waals surface area (Å²) in [5.74, 6) is -5.34. The highest BCUT2D eigenvalue weighted by molar-refractivity contribution is 7.18. The first kappa shape index (κ1) is 26.3. The van der Waals surface area contributed by atoms with Gasteiger partial charge in [-0.05, 0) is 66.8 Å². The molecular formula is C27H21F6NO3S. The van der Waals surface area contributed by atoms with Crippen LogP contribution in [-0.2, 0) is 10.8 Å². The third-order valence-corrected chi connectivity index (χ3v) is 7.19. The lowest BCUT2D eigenvalue weighted by atomic mass is 10.0. The van der Waals surface area contributed by atoms with Crippen LogP contribution in [0.1, 0.15) is 24.8 Å². The van der Waals surface area contributed by atoms with Gasteiger partial charge in [-0.3, -0.25) is 0 Å². The highest BCUT2D eigenvalue weighted by Gasteiger charge is 2.39. The van der Waals surface area contributed by atoms with Crippen molar-refractivity contribution in [3.63, 3.8) is 0 Å². The number of rotatable bonds is 7. The SMILES string of the molecule is CC1CCC(COc2ccc3nc(C(F)(F)Oc4ccc(-c5cc(F)c(F)c(F)c5)c(F)c4)sc3c2)OC1. The number of aromatic nitrogens is 1. The molecule has 0 amide bonds. The van der Waals surface area contributed by atoms with Crippen LogP contribution in [0, 0.1) is 29.2 Å². The van der Waals surface area contributed by atoms with E-state index in [-0.39, 0.29) is 17.2 Å². The molecule has 5 rings (SSSR count). The zero-order chi connectivity index (χ0) is 27.0. The van der Waals surface area contributed by atoms with Crippen molar-refractivity contribution in [2.75, 3.05) is 13.2 Å². The summed E-state index contributed by atoms with van der Waals surface area (Å²) in [7, 11) is 0. The lowest BCUT2D eigenvalue weighted by Gasteiger charge is -2.26. The first-order chi connectivity index (χ1) is 18.1. The molecule has 2 atom stereocenters. The summed E-state index contributed by atoms with van der Waals surface area (Å²) < 4.78 is 101. The maximum atomic E-state index is 14.9. The Labute approximate surface area is 217 Å². The third-order valence-electron chi connectivity index (χ3n) is 6.12. The largest absolute Gasteiger partial charge is 0.491 e. The molecule has 1 aliphatic rings. The normalized spacial score (nSPS) is 18.1. The molecule has 0 radical (unpaired) electrons. The monoisotopic (exact) mass is 553 g/mol. The summed E-state index contributed by atoms with van der Waals surface area (Å²) in [6.07, 6.45) is -1.99. The van der Waals surface area contributed by atoms with Crippen LogP contribution in [-0.4, -0.2) is 24.3 Å². The van der Waals surface area contributed by atoms with Crippen molar-refractivity contribution in [3.8, 4) is 22.6 Å². The van der Waals surface area contributed by atoms with Gasteiger partial charge in [-0.15, -0.1) is 11.3 Å². The minimum absolute atomic E-state index is 0.0236. The number of ether oxygens (including phenoxy) is 3. The topological polar surface area (TPSA) is 40.6 Å². The molecule has 2 heterocycles. The first-order valence-corrected chi connectivity index (χ1v) is 12.6. The van der Waals surface area contributed by atoms with E-state index in [9.17, 15) is 26.3 Å². The maximum Gasteiger partial charge on any atom is 0.454 e. The van der Waals surface area contributed by atoms with E-state index in [2.05, 4.69) is 11.9 Å². The summed E-state index contributed by atoms with van der Waals surface area (Å²) in [4.78, 5) is 3.95. The highest BCUT2D eigenvalue weighted by Crippen LogP contribution is 2.38. The second kappa shape index (κ2) is 10.5. The Morgan fingerprint density at radius 2 is 1.68 bits per heavy atom. The molecule has 0 spiro atoms. The van der Waals surface area contributed by atoms with Crippen LogP contribution in [0.5, 0.6) is 11.5 Å². The number of hydrogen-bond donors (Lipinski definition) is 0. The Morgan fingerprint density at radius 3 is 2.37 bits per heavy atom. The summed E-state index contributed by atoms with van der Waals surface area (Å²) in [5, 5.41) is -0.651. The van der Waals surface area contributed by atoms with Gasteiger partial charge in [-0.2, -0.15) is 8.78 Å². The fourth-order valence-electron chi connectivity index (χ4n) is 4.07. The maximum absolute atomic E-state index is 14.9. The number of thiazole rings is 1. The Kier molecular flexibility index (Phi) is 7.23. The summed E-state index contributed by atoms with van der Waals surface area (Å²) in [6, 6.07) is 8.67. The standard InChI is InChI=1S/C27H21F6NO3S/c1-14-2-3-18(35-12-14)13-36-16-5-7-23-24(11-16)38-26(34-23)27(32,33)37-17-4-6-19(20(28)10-17)15-8-21(29)25(31)22(30)9-15/h4-11,14,18H,2-3,12-13H2,1H3. The van der Waals surface area contributed by atoms with E-state index in [0.29, 0.717) is 64.6 Å². The molecule has 1 aromatic heterocycles. The van der Waals surface area contributed by atoms with Gasteiger partial charge in [0.05, 0.1) is 16.3 Å². The molecule has 4 nitrogen and oxygen atoms in total. The van der Waals surface area contributed by atoms with Crippen LogP contribution in [0.25, 0.3) is 21.3 Å². The number of benzene rings is 3. The number of alkyl halides is 2.